The standard InChI is InChI=1S/C22H14Cl2N2O6/c23-11-5-1-9(2-6-11)15-13-17(21(29)31-19(13)27)26-16(10-3-7-12(24)8-4-10)14-18(25(15)26)22(30)32-20(14)28/h1-8,13-18H/t13-,14+,15-,16+,17-,18-/m0/s1. The lowest BCUT2D eigenvalue weighted by molar-refractivity contribution is -0.167. The van der Waals surface area contributed by atoms with Crippen molar-refractivity contribution in [2.24, 2.45) is 11.8 Å². The minimum absolute atomic E-state index is 0.499. The Morgan fingerprint density at radius 3 is 1.22 bits per heavy atom. The highest BCUT2D eigenvalue weighted by atomic mass is 35.5. The Morgan fingerprint density at radius 2 is 0.875 bits per heavy atom. The van der Waals surface area contributed by atoms with Gasteiger partial charge in [0.25, 0.3) is 0 Å². The molecule has 6 atom stereocenters. The van der Waals surface area contributed by atoms with E-state index in [9.17, 15) is 19.2 Å². The van der Waals surface area contributed by atoms with Gasteiger partial charge in [-0.25, -0.2) is 19.6 Å². The average molecular weight is 473 g/mol. The normalized spacial score (nSPS) is 33.8. The number of esters is 4. The maximum Gasteiger partial charge on any atom is 0.333 e. The van der Waals surface area contributed by atoms with Gasteiger partial charge < -0.3 is 9.47 Å². The van der Waals surface area contributed by atoms with E-state index in [1.165, 1.54) is 0 Å². The highest BCUT2D eigenvalue weighted by Gasteiger charge is 2.72. The molecule has 4 fully saturated rings. The molecular formula is C22H14Cl2N2O6. The monoisotopic (exact) mass is 472 g/mol. The molecule has 0 spiro atoms. The molecule has 10 heteroatoms. The largest absolute Gasteiger partial charge is 0.392 e. The lowest BCUT2D eigenvalue weighted by Gasteiger charge is -2.33. The number of carbonyl (C=O) groups excluding carboxylic acids is 4. The first-order valence-electron chi connectivity index (χ1n) is 9.95. The Morgan fingerprint density at radius 1 is 0.531 bits per heavy atom. The van der Waals surface area contributed by atoms with E-state index in [0.717, 1.165) is 0 Å². The summed E-state index contributed by atoms with van der Waals surface area (Å²) in [5, 5.41) is 4.32. The predicted molar refractivity (Wildman–Crippen MR) is 109 cm³/mol. The summed E-state index contributed by atoms with van der Waals surface area (Å²) in [6.45, 7) is 0. The zero-order valence-electron chi connectivity index (χ0n) is 16.2. The molecule has 4 aliphatic rings. The number of benzene rings is 2. The van der Waals surface area contributed by atoms with Crippen molar-refractivity contribution in [3.63, 3.8) is 0 Å². The van der Waals surface area contributed by atoms with Gasteiger partial charge in [0.2, 0.25) is 0 Å². The second-order valence-corrected chi connectivity index (χ2v) is 9.05. The molecule has 162 valence electrons. The van der Waals surface area contributed by atoms with E-state index in [2.05, 4.69) is 0 Å². The second kappa shape index (κ2) is 6.86. The zero-order chi connectivity index (χ0) is 22.3. The first kappa shape index (κ1) is 19.9. The molecule has 2 aromatic rings. The smallest absolute Gasteiger partial charge is 0.333 e. The van der Waals surface area contributed by atoms with Crippen LogP contribution < -0.4 is 0 Å². The fraction of sp³-hybridized carbons (Fsp3) is 0.273. The summed E-state index contributed by atoms with van der Waals surface area (Å²) < 4.78 is 9.99. The Bertz CT molecular complexity index is 1090. The summed E-state index contributed by atoms with van der Waals surface area (Å²) in [7, 11) is 0. The topological polar surface area (TPSA) is 93.2 Å². The quantitative estimate of drug-likeness (QED) is 0.485. The van der Waals surface area contributed by atoms with Crippen LogP contribution >= 0.6 is 23.2 Å². The average Bonchev–Trinajstić information content (AvgIpc) is 3.43. The van der Waals surface area contributed by atoms with Gasteiger partial charge in [0.15, 0.2) is 0 Å². The van der Waals surface area contributed by atoms with E-state index in [1.807, 2.05) is 0 Å². The molecule has 0 bridgehead atoms. The van der Waals surface area contributed by atoms with Crippen molar-refractivity contribution in [1.29, 1.82) is 0 Å². The van der Waals surface area contributed by atoms with Crippen molar-refractivity contribution in [2.75, 3.05) is 0 Å². The van der Waals surface area contributed by atoms with E-state index in [-0.39, 0.29) is 0 Å². The Kier molecular flexibility index (Phi) is 4.26. The molecule has 0 radical (unpaired) electrons. The van der Waals surface area contributed by atoms with Crippen LogP contribution in [0.5, 0.6) is 0 Å². The van der Waals surface area contributed by atoms with Crippen molar-refractivity contribution in [2.45, 2.75) is 24.2 Å². The van der Waals surface area contributed by atoms with E-state index in [4.69, 9.17) is 32.7 Å². The molecule has 32 heavy (non-hydrogen) atoms. The van der Waals surface area contributed by atoms with Crippen molar-refractivity contribution in [3.05, 3.63) is 69.7 Å². The van der Waals surface area contributed by atoms with Crippen LogP contribution in [-0.4, -0.2) is 46.0 Å². The molecule has 0 unspecified atom stereocenters. The van der Waals surface area contributed by atoms with Crippen LogP contribution in [0.3, 0.4) is 0 Å². The van der Waals surface area contributed by atoms with Gasteiger partial charge in [0.1, 0.15) is 23.9 Å². The van der Waals surface area contributed by atoms with Gasteiger partial charge in [-0.05, 0) is 35.4 Å². The van der Waals surface area contributed by atoms with Crippen molar-refractivity contribution in [3.8, 4) is 0 Å². The fourth-order valence-electron chi connectivity index (χ4n) is 5.44. The minimum Gasteiger partial charge on any atom is -0.392 e. The van der Waals surface area contributed by atoms with Crippen molar-refractivity contribution >= 4 is 47.1 Å². The van der Waals surface area contributed by atoms with Crippen LogP contribution in [0.4, 0.5) is 0 Å². The third-order valence-corrected chi connectivity index (χ3v) is 7.12. The molecular weight excluding hydrogens is 459 g/mol. The van der Waals surface area contributed by atoms with Gasteiger partial charge in [0.05, 0.1) is 12.1 Å². The number of rotatable bonds is 2. The molecule has 0 aliphatic carbocycles. The van der Waals surface area contributed by atoms with Crippen LogP contribution in [0.1, 0.15) is 23.2 Å². The zero-order valence-corrected chi connectivity index (χ0v) is 17.7. The molecule has 4 saturated heterocycles. The van der Waals surface area contributed by atoms with E-state index in [0.29, 0.717) is 21.2 Å². The predicted octanol–water partition coefficient (Wildman–Crippen LogP) is 2.46. The van der Waals surface area contributed by atoms with Gasteiger partial charge in [0, 0.05) is 10.0 Å². The molecule has 4 heterocycles. The first-order chi connectivity index (χ1) is 15.4. The number of halogens is 2. The summed E-state index contributed by atoms with van der Waals surface area (Å²) in [6.07, 6.45) is 0. The molecule has 0 N–H and O–H groups in total. The van der Waals surface area contributed by atoms with Gasteiger partial charge >= 0.3 is 23.9 Å². The fourth-order valence-corrected chi connectivity index (χ4v) is 5.70. The third kappa shape index (κ3) is 2.58. The maximum absolute atomic E-state index is 12.8. The molecule has 0 aromatic heterocycles. The third-order valence-electron chi connectivity index (χ3n) is 6.62. The first-order valence-corrected chi connectivity index (χ1v) is 10.7. The number of ether oxygens (including phenoxy) is 2. The Balaban J connectivity index is 1.56. The van der Waals surface area contributed by atoms with Crippen LogP contribution in [0.2, 0.25) is 10.0 Å². The van der Waals surface area contributed by atoms with Crippen LogP contribution in [-0.2, 0) is 28.7 Å². The number of hydrogen-bond donors (Lipinski definition) is 0. The highest BCUT2D eigenvalue weighted by molar-refractivity contribution is 6.30. The molecule has 2 aromatic carbocycles. The summed E-state index contributed by atoms with van der Waals surface area (Å²) >= 11 is 12.1. The number of nitrogens with zero attached hydrogens (tertiary/aromatic N) is 2. The minimum atomic E-state index is -0.977. The van der Waals surface area contributed by atoms with Gasteiger partial charge in [-0.15, -0.1) is 0 Å². The molecule has 0 saturated carbocycles. The number of fused-ring (bicyclic) bond motifs is 5. The maximum atomic E-state index is 12.8. The number of hydrazine groups is 1. The van der Waals surface area contributed by atoms with E-state index < -0.39 is 59.9 Å². The summed E-state index contributed by atoms with van der Waals surface area (Å²) in [5.74, 6) is -4.50. The molecule has 4 aliphatic heterocycles. The highest BCUT2D eigenvalue weighted by Crippen LogP contribution is 2.58. The van der Waals surface area contributed by atoms with Gasteiger partial charge in [-0.1, -0.05) is 47.5 Å². The van der Waals surface area contributed by atoms with E-state index in [1.54, 1.807) is 58.5 Å². The number of hydrogen-bond acceptors (Lipinski definition) is 8. The van der Waals surface area contributed by atoms with Gasteiger partial charge in [-0.2, -0.15) is 0 Å². The Labute approximate surface area is 191 Å². The van der Waals surface area contributed by atoms with Crippen LogP contribution in [0.25, 0.3) is 0 Å². The molecule has 8 nitrogen and oxygen atoms in total. The van der Waals surface area contributed by atoms with Crippen molar-refractivity contribution in [1.82, 2.24) is 10.0 Å². The lowest BCUT2D eigenvalue weighted by Crippen LogP contribution is -2.45. The SMILES string of the molecule is O=C1OC(=O)[C@@H]2[C@@H]1[C@H](c1ccc(Cl)cc1)N1[C@@H]3C(=O)OC(=O)[C@@H]3[C@@H](c3ccc(Cl)cc3)N21. The van der Waals surface area contributed by atoms with E-state index >= 15 is 0 Å². The van der Waals surface area contributed by atoms with Crippen LogP contribution in [0, 0.1) is 11.8 Å². The number of carbonyl (C=O) groups is 4. The van der Waals surface area contributed by atoms with Crippen LogP contribution in [0.15, 0.2) is 48.5 Å². The Hall–Kier alpha value is -2.78. The molecule has 0 amide bonds. The van der Waals surface area contributed by atoms with Gasteiger partial charge in [-0.3, -0.25) is 9.59 Å². The van der Waals surface area contributed by atoms with Crippen molar-refractivity contribution < 1.29 is 28.7 Å². The summed E-state index contributed by atoms with van der Waals surface area (Å²) in [5.41, 5.74) is 1.34. The summed E-state index contributed by atoms with van der Waals surface area (Å²) in [6, 6.07) is 10.2. The second-order valence-electron chi connectivity index (χ2n) is 8.17. The lowest BCUT2D eigenvalue weighted by atomic mass is 9.84. The number of cyclic esters (lactones) is 4. The summed E-state index contributed by atoms with van der Waals surface area (Å²) in [4.78, 5) is 51.1. The molecule has 6 rings (SSSR count).